The molecule has 0 aliphatic carbocycles. The highest BCUT2D eigenvalue weighted by molar-refractivity contribution is 6.34. The normalized spacial score (nSPS) is 17.5. The molecule has 1 aliphatic heterocycles. The molecule has 1 atom stereocenters. The molecule has 0 saturated carbocycles. The highest BCUT2D eigenvalue weighted by atomic mass is 35.5. The smallest absolute Gasteiger partial charge is 0.250 e. The van der Waals surface area contributed by atoms with E-state index in [-0.39, 0.29) is 24.3 Å². The molecule has 0 spiro atoms. The van der Waals surface area contributed by atoms with E-state index in [0.29, 0.717) is 29.6 Å². The topological polar surface area (TPSA) is 76.7 Å². The molecule has 1 unspecified atom stereocenters. The second-order valence-electron chi connectivity index (χ2n) is 4.73. The van der Waals surface area contributed by atoms with Gasteiger partial charge < -0.3 is 20.1 Å². The molecule has 0 bridgehead atoms. The lowest BCUT2D eigenvalue weighted by atomic mass is 10.1. The Labute approximate surface area is 127 Å². The third-order valence-corrected chi connectivity index (χ3v) is 3.40. The van der Waals surface area contributed by atoms with Crippen LogP contribution in [0.5, 0.6) is 0 Å². The van der Waals surface area contributed by atoms with Crippen molar-refractivity contribution in [1.29, 1.82) is 0 Å². The van der Waals surface area contributed by atoms with E-state index >= 15 is 0 Å². The highest BCUT2D eigenvalue weighted by Gasteiger charge is 2.23. The van der Waals surface area contributed by atoms with Gasteiger partial charge in [0.2, 0.25) is 11.8 Å². The molecule has 21 heavy (non-hydrogen) atoms. The van der Waals surface area contributed by atoms with Gasteiger partial charge in [-0.3, -0.25) is 9.59 Å². The summed E-state index contributed by atoms with van der Waals surface area (Å²) in [5, 5.41) is 5.75. The summed E-state index contributed by atoms with van der Waals surface area (Å²) in [5.41, 5.74) is 1.06. The number of anilines is 2. The van der Waals surface area contributed by atoms with Crippen LogP contribution in [0.1, 0.15) is 6.42 Å². The Balaban J connectivity index is 1.98. The molecule has 114 valence electrons. The Morgan fingerprint density at radius 2 is 2.24 bits per heavy atom. The standard InChI is InChI=1S/C14H17ClN2O4/c1-20-8-13(18)17-12-3-2-10(6-11(12)15)16-14(19)9-4-5-21-7-9/h2-3,6,9H,4-5,7-8H2,1H3,(H,16,19)(H,17,18). The highest BCUT2D eigenvalue weighted by Crippen LogP contribution is 2.26. The van der Waals surface area contributed by atoms with Crippen LogP contribution in [0.25, 0.3) is 0 Å². The van der Waals surface area contributed by atoms with E-state index in [0.717, 1.165) is 6.42 Å². The van der Waals surface area contributed by atoms with E-state index in [4.69, 9.17) is 21.1 Å². The number of halogens is 1. The molecule has 1 fully saturated rings. The zero-order valence-electron chi connectivity index (χ0n) is 11.6. The van der Waals surface area contributed by atoms with E-state index < -0.39 is 0 Å². The second-order valence-corrected chi connectivity index (χ2v) is 5.13. The SMILES string of the molecule is COCC(=O)Nc1ccc(NC(=O)C2CCOC2)cc1Cl. The van der Waals surface area contributed by atoms with Gasteiger partial charge in [-0.2, -0.15) is 0 Å². The van der Waals surface area contributed by atoms with Gasteiger partial charge in [-0.1, -0.05) is 11.6 Å². The number of carbonyl (C=O) groups is 2. The number of hydrogen-bond donors (Lipinski definition) is 2. The maximum Gasteiger partial charge on any atom is 0.250 e. The minimum Gasteiger partial charge on any atom is -0.381 e. The van der Waals surface area contributed by atoms with Gasteiger partial charge in [-0.25, -0.2) is 0 Å². The molecule has 1 aromatic carbocycles. The fourth-order valence-corrected chi connectivity index (χ4v) is 2.23. The molecule has 1 aliphatic rings. The fourth-order valence-electron chi connectivity index (χ4n) is 2.00. The second kappa shape index (κ2) is 7.40. The number of hydrogen-bond acceptors (Lipinski definition) is 4. The van der Waals surface area contributed by atoms with Crippen LogP contribution in [-0.2, 0) is 19.1 Å². The van der Waals surface area contributed by atoms with Crippen molar-refractivity contribution in [3.8, 4) is 0 Å². The van der Waals surface area contributed by atoms with Crippen molar-refractivity contribution in [1.82, 2.24) is 0 Å². The Morgan fingerprint density at radius 1 is 1.43 bits per heavy atom. The van der Waals surface area contributed by atoms with Crippen molar-refractivity contribution in [2.75, 3.05) is 37.6 Å². The summed E-state index contributed by atoms with van der Waals surface area (Å²) in [6, 6.07) is 4.91. The van der Waals surface area contributed by atoms with Crippen molar-refractivity contribution in [2.24, 2.45) is 5.92 Å². The first-order valence-electron chi connectivity index (χ1n) is 6.57. The summed E-state index contributed by atoms with van der Waals surface area (Å²) in [7, 11) is 1.44. The lowest BCUT2D eigenvalue weighted by molar-refractivity contribution is -0.120. The summed E-state index contributed by atoms with van der Waals surface area (Å²) in [6.45, 7) is 1.02. The molecule has 2 N–H and O–H groups in total. The van der Waals surface area contributed by atoms with Gasteiger partial charge in [0.1, 0.15) is 6.61 Å². The monoisotopic (exact) mass is 312 g/mol. The van der Waals surface area contributed by atoms with Gasteiger partial charge >= 0.3 is 0 Å². The van der Waals surface area contributed by atoms with Crippen LogP contribution in [0.4, 0.5) is 11.4 Å². The summed E-state index contributed by atoms with van der Waals surface area (Å²) in [5.74, 6) is -0.496. The average Bonchev–Trinajstić information content (AvgIpc) is 2.96. The molecule has 2 rings (SSSR count). The number of rotatable bonds is 5. The molecule has 0 radical (unpaired) electrons. The maximum absolute atomic E-state index is 12.0. The Hall–Kier alpha value is -1.63. The van der Waals surface area contributed by atoms with E-state index in [2.05, 4.69) is 10.6 Å². The molecular weight excluding hydrogens is 296 g/mol. The Morgan fingerprint density at radius 3 is 2.86 bits per heavy atom. The van der Waals surface area contributed by atoms with Gasteiger partial charge in [0.25, 0.3) is 0 Å². The van der Waals surface area contributed by atoms with E-state index in [1.165, 1.54) is 7.11 Å². The average molecular weight is 313 g/mol. The molecule has 6 nitrogen and oxygen atoms in total. The van der Waals surface area contributed by atoms with Crippen LogP contribution in [0.15, 0.2) is 18.2 Å². The van der Waals surface area contributed by atoms with Gasteiger partial charge in [0.05, 0.1) is 23.2 Å². The van der Waals surface area contributed by atoms with Crippen molar-refractivity contribution < 1.29 is 19.1 Å². The Bertz CT molecular complexity index is 530. The van der Waals surface area contributed by atoms with Crippen LogP contribution >= 0.6 is 11.6 Å². The maximum atomic E-state index is 12.0. The number of nitrogens with one attached hydrogen (secondary N) is 2. The number of carbonyl (C=O) groups excluding carboxylic acids is 2. The number of methoxy groups -OCH3 is 1. The van der Waals surface area contributed by atoms with Gasteiger partial charge in [-0.05, 0) is 24.6 Å². The van der Waals surface area contributed by atoms with E-state index in [1.54, 1.807) is 18.2 Å². The zero-order chi connectivity index (χ0) is 15.2. The van der Waals surface area contributed by atoms with Crippen LogP contribution in [0.3, 0.4) is 0 Å². The Kier molecular flexibility index (Phi) is 5.55. The predicted molar refractivity (Wildman–Crippen MR) is 79.5 cm³/mol. The number of ether oxygens (including phenoxy) is 2. The molecular formula is C14H17ClN2O4. The summed E-state index contributed by atoms with van der Waals surface area (Å²) >= 11 is 6.09. The van der Waals surface area contributed by atoms with Gasteiger partial charge in [0.15, 0.2) is 0 Å². The molecule has 1 heterocycles. The summed E-state index contributed by atoms with van der Waals surface area (Å²) in [4.78, 5) is 23.4. The lowest BCUT2D eigenvalue weighted by Crippen LogP contribution is -2.23. The first-order valence-corrected chi connectivity index (χ1v) is 6.95. The molecule has 0 aromatic heterocycles. The van der Waals surface area contributed by atoms with Crippen LogP contribution < -0.4 is 10.6 Å². The van der Waals surface area contributed by atoms with Crippen molar-refractivity contribution in [2.45, 2.75) is 6.42 Å². The number of amides is 2. The molecule has 1 aromatic rings. The molecule has 7 heteroatoms. The largest absolute Gasteiger partial charge is 0.381 e. The minimum atomic E-state index is -0.292. The van der Waals surface area contributed by atoms with Crippen LogP contribution in [0.2, 0.25) is 5.02 Å². The number of benzene rings is 1. The first kappa shape index (κ1) is 15.8. The van der Waals surface area contributed by atoms with Gasteiger partial charge in [0, 0.05) is 19.4 Å². The molecule has 1 saturated heterocycles. The quantitative estimate of drug-likeness (QED) is 0.870. The first-order chi connectivity index (χ1) is 10.1. The van der Waals surface area contributed by atoms with Gasteiger partial charge in [-0.15, -0.1) is 0 Å². The van der Waals surface area contributed by atoms with Crippen LogP contribution in [0, 0.1) is 5.92 Å². The predicted octanol–water partition coefficient (Wildman–Crippen LogP) is 1.90. The van der Waals surface area contributed by atoms with Crippen LogP contribution in [-0.4, -0.2) is 38.7 Å². The zero-order valence-corrected chi connectivity index (χ0v) is 12.4. The summed E-state index contributed by atoms with van der Waals surface area (Å²) < 4.78 is 9.90. The minimum absolute atomic E-state index is 0.0451. The molecule has 2 amide bonds. The summed E-state index contributed by atoms with van der Waals surface area (Å²) in [6.07, 6.45) is 0.727. The van der Waals surface area contributed by atoms with E-state index in [9.17, 15) is 9.59 Å². The third-order valence-electron chi connectivity index (χ3n) is 3.09. The van der Waals surface area contributed by atoms with Crippen molar-refractivity contribution >= 4 is 34.8 Å². The van der Waals surface area contributed by atoms with E-state index in [1.807, 2.05) is 0 Å². The third kappa shape index (κ3) is 4.42. The van der Waals surface area contributed by atoms with Crippen molar-refractivity contribution in [3.63, 3.8) is 0 Å². The lowest BCUT2D eigenvalue weighted by Gasteiger charge is -2.12. The van der Waals surface area contributed by atoms with Crippen molar-refractivity contribution in [3.05, 3.63) is 23.2 Å². The fraction of sp³-hybridized carbons (Fsp3) is 0.429.